The molecule has 0 N–H and O–H groups in total. The maximum atomic E-state index is 5.09. The number of benzene rings is 1. The number of nitrogens with zero attached hydrogens (tertiary/aromatic N) is 3. The molecule has 24 heavy (non-hydrogen) atoms. The van der Waals surface area contributed by atoms with Crippen LogP contribution in [0.15, 0.2) is 61.0 Å². The lowest BCUT2D eigenvalue weighted by molar-refractivity contribution is 0.207. The van der Waals surface area contributed by atoms with E-state index in [-0.39, 0.29) is 0 Å². The van der Waals surface area contributed by atoms with Gasteiger partial charge in [0.1, 0.15) is 0 Å². The molecular formula is C17H16BrN3OS2. The lowest BCUT2D eigenvalue weighted by Crippen LogP contribution is -2.13. The van der Waals surface area contributed by atoms with E-state index in [1.807, 2.05) is 40.5 Å². The summed E-state index contributed by atoms with van der Waals surface area (Å²) in [5.41, 5.74) is 3.18. The molecule has 0 aliphatic heterocycles. The molecule has 0 atom stereocenters. The van der Waals surface area contributed by atoms with Crippen molar-refractivity contribution in [2.45, 2.75) is 0 Å². The normalized spacial score (nSPS) is 12.3. The van der Waals surface area contributed by atoms with Crippen molar-refractivity contribution in [1.82, 2.24) is 4.68 Å². The van der Waals surface area contributed by atoms with Gasteiger partial charge in [-0.1, -0.05) is 34.1 Å². The van der Waals surface area contributed by atoms with Crippen LogP contribution in [-0.2, 0) is 4.74 Å². The van der Waals surface area contributed by atoms with Crippen molar-refractivity contribution in [3.8, 4) is 11.3 Å². The minimum absolute atomic E-state index is 0.594. The molecule has 124 valence electrons. The molecule has 0 radical (unpaired) electrons. The number of hydrogen-bond donors (Lipinski definition) is 0. The second-order valence-electron chi connectivity index (χ2n) is 4.87. The van der Waals surface area contributed by atoms with Gasteiger partial charge in [-0.2, -0.15) is 16.4 Å². The Morgan fingerprint density at radius 3 is 2.88 bits per heavy atom. The van der Waals surface area contributed by atoms with Crippen LogP contribution in [0, 0.1) is 0 Å². The Morgan fingerprint density at radius 1 is 1.25 bits per heavy atom. The van der Waals surface area contributed by atoms with E-state index in [0.29, 0.717) is 13.2 Å². The predicted octanol–water partition coefficient (Wildman–Crippen LogP) is 4.47. The first kappa shape index (κ1) is 17.3. The van der Waals surface area contributed by atoms with E-state index < -0.39 is 0 Å². The SMILES string of the molecule is COCCN=c1scc(-c2ccccc2Br)n1/N=C\c1ccsc1. The number of ether oxygens (including phenoxy) is 1. The van der Waals surface area contributed by atoms with E-state index in [1.54, 1.807) is 29.8 Å². The summed E-state index contributed by atoms with van der Waals surface area (Å²) in [6, 6.07) is 10.2. The Balaban J connectivity index is 2.06. The van der Waals surface area contributed by atoms with Gasteiger partial charge in [0.25, 0.3) is 0 Å². The van der Waals surface area contributed by atoms with E-state index in [9.17, 15) is 0 Å². The fourth-order valence-corrected chi connectivity index (χ4v) is 4.03. The molecule has 0 bridgehead atoms. The van der Waals surface area contributed by atoms with Gasteiger partial charge in [0.05, 0.1) is 25.1 Å². The molecule has 0 saturated carbocycles. The Bertz CT molecular complexity index is 881. The molecule has 0 unspecified atom stereocenters. The highest BCUT2D eigenvalue weighted by atomic mass is 79.9. The summed E-state index contributed by atoms with van der Waals surface area (Å²) < 4.78 is 8.01. The molecule has 0 saturated heterocycles. The van der Waals surface area contributed by atoms with Crippen LogP contribution >= 0.6 is 38.6 Å². The lowest BCUT2D eigenvalue weighted by Gasteiger charge is -2.05. The van der Waals surface area contributed by atoms with Gasteiger partial charge < -0.3 is 4.74 Å². The van der Waals surface area contributed by atoms with Crippen molar-refractivity contribution in [2.24, 2.45) is 10.1 Å². The van der Waals surface area contributed by atoms with Crippen LogP contribution in [0.25, 0.3) is 11.3 Å². The molecule has 4 nitrogen and oxygen atoms in total. The van der Waals surface area contributed by atoms with Crippen molar-refractivity contribution in [1.29, 1.82) is 0 Å². The second kappa shape index (κ2) is 8.53. The third-order valence-electron chi connectivity index (χ3n) is 3.24. The zero-order chi connectivity index (χ0) is 16.8. The van der Waals surface area contributed by atoms with Gasteiger partial charge in [0.2, 0.25) is 4.80 Å². The van der Waals surface area contributed by atoms with E-state index in [4.69, 9.17) is 4.74 Å². The first-order valence-corrected chi connectivity index (χ1v) is 9.92. The highest BCUT2D eigenvalue weighted by Crippen LogP contribution is 2.28. The molecule has 2 heterocycles. The van der Waals surface area contributed by atoms with Crippen molar-refractivity contribution >= 4 is 44.8 Å². The maximum Gasteiger partial charge on any atom is 0.206 e. The van der Waals surface area contributed by atoms with E-state index >= 15 is 0 Å². The minimum Gasteiger partial charge on any atom is -0.383 e. The first-order chi connectivity index (χ1) is 11.8. The molecule has 0 aliphatic rings. The lowest BCUT2D eigenvalue weighted by atomic mass is 10.2. The standard InChI is InChI=1S/C17H16BrN3OS2/c1-22-8-7-19-17-21(20-10-13-6-9-23-11-13)16(12-24-17)14-4-2-3-5-15(14)18/h2-6,9-12H,7-8H2,1H3/b19-17?,20-10-. The molecule has 2 aromatic heterocycles. The molecule has 0 fully saturated rings. The van der Waals surface area contributed by atoms with E-state index in [1.165, 1.54) is 0 Å². The number of methoxy groups -OCH3 is 1. The van der Waals surface area contributed by atoms with Crippen LogP contribution in [0.5, 0.6) is 0 Å². The Morgan fingerprint density at radius 2 is 2.12 bits per heavy atom. The number of rotatable bonds is 6. The average Bonchev–Trinajstić information content (AvgIpc) is 3.23. The van der Waals surface area contributed by atoms with Gasteiger partial charge in [0.15, 0.2) is 0 Å². The fraction of sp³-hybridized carbons (Fsp3) is 0.176. The summed E-state index contributed by atoms with van der Waals surface area (Å²) in [5.74, 6) is 0. The van der Waals surface area contributed by atoms with Gasteiger partial charge in [-0.25, -0.2) is 4.68 Å². The molecule has 0 amide bonds. The largest absolute Gasteiger partial charge is 0.383 e. The molecule has 1 aromatic carbocycles. The summed E-state index contributed by atoms with van der Waals surface area (Å²) in [5, 5.41) is 10.8. The van der Waals surface area contributed by atoms with Crippen LogP contribution in [0.2, 0.25) is 0 Å². The topological polar surface area (TPSA) is 38.9 Å². The zero-order valence-corrected chi connectivity index (χ0v) is 16.3. The molecule has 3 rings (SSSR count). The number of halogens is 1. The maximum absolute atomic E-state index is 5.09. The van der Waals surface area contributed by atoms with Crippen molar-refractivity contribution < 1.29 is 4.74 Å². The van der Waals surface area contributed by atoms with Crippen LogP contribution in [-0.4, -0.2) is 31.2 Å². The number of hydrogen-bond acceptors (Lipinski definition) is 5. The third-order valence-corrected chi connectivity index (χ3v) is 5.49. The number of thiazole rings is 1. The van der Waals surface area contributed by atoms with Gasteiger partial charge in [-0.05, 0) is 22.9 Å². The first-order valence-electron chi connectivity index (χ1n) is 7.31. The molecule has 7 heteroatoms. The zero-order valence-electron chi connectivity index (χ0n) is 13.1. The second-order valence-corrected chi connectivity index (χ2v) is 7.34. The Labute approximate surface area is 156 Å². The summed E-state index contributed by atoms with van der Waals surface area (Å²) >= 11 is 6.85. The highest BCUT2D eigenvalue weighted by molar-refractivity contribution is 9.10. The van der Waals surface area contributed by atoms with Crippen molar-refractivity contribution in [3.63, 3.8) is 0 Å². The average molecular weight is 422 g/mol. The van der Waals surface area contributed by atoms with Crippen LogP contribution in [0.3, 0.4) is 0 Å². The van der Waals surface area contributed by atoms with Crippen LogP contribution < -0.4 is 4.80 Å². The monoisotopic (exact) mass is 421 g/mol. The van der Waals surface area contributed by atoms with Gasteiger partial charge in [-0.3, -0.25) is 4.99 Å². The van der Waals surface area contributed by atoms with E-state index in [0.717, 1.165) is 26.1 Å². The summed E-state index contributed by atoms with van der Waals surface area (Å²) in [7, 11) is 1.68. The van der Waals surface area contributed by atoms with Crippen molar-refractivity contribution in [2.75, 3.05) is 20.3 Å². The number of thiophene rings is 1. The molecule has 0 aliphatic carbocycles. The third kappa shape index (κ3) is 4.10. The van der Waals surface area contributed by atoms with Gasteiger partial charge >= 0.3 is 0 Å². The summed E-state index contributed by atoms with van der Waals surface area (Å²) in [4.78, 5) is 5.45. The molecule has 0 spiro atoms. The van der Waals surface area contributed by atoms with Gasteiger partial charge in [0, 0.05) is 28.1 Å². The van der Waals surface area contributed by atoms with Gasteiger partial charge in [-0.15, -0.1) is 11.3 Å². The Hall–Kier alpha value is -1.54. The highest BCUT2D eigenvalue weighted by Gasteiger charge is 2.10. The quantitative estimate of drug-likeness (QED) is 0.427. The van der Waals surface area contributed by atoms with Crippen molar-refractivity contribution in [3.05, 3.63) is 61.3 Å². The van der Waals surface area contributed by atoms with E-state index in [2.05, 4.69) is 42.9 Å². The summed E-state index contributed by atoms with van der Waals surface area (Å²) in [6.45, 7) is 1.21. The molecule has 3 aromatic rings. The molecular weight excluding hydrogens is 406 g/mol. The summed E-state index contributed by atoms with van der Waals surface area (Å²) in [6.07, 6.45) is 1.86. The fourth-order valence-electron chi connectivity index (χ4n) is 2.08. The van der Waals surface area contributed by atoms with Crippen LogP contribution in [0.1, 0.15) is 5.56 Å². The predicted molar refractivity (Wildman–Crippen MR) is 105 cm³/mol. The minimum atomic E-state index is 0.594. The smallest absolute Gasteiger partial charge is 0.206 e. The Kier molecular flexibility index (Phi) is 6.14. The van der Waals surface area contributed by atoms with Crippen LogP contribution in [0.4, 0.5) is 0 Å². The number of aromatic nitrogens is 1.